The summed E-state index contributed by atoms with van der Waals surface area (Å²) >= 11 is 0. The summed E-state index contributed by atoms with van der Waals surface area (Å²) in [7, 11) is 1.76. The average molecular weight is 537 g/mol. The molecule has 172 valence electrons. The van der Waals surface area contributed by atoms with Gasteiger partial charge in [0, 0.05) is 45.4 Å². The van der Waals surface area contributed by atoms with Crippen molar-refractivity contribution in [3.63, 3.8) is 0 Å². The number of unbranched alkanes of at least 4 members (excludes halogenated alkanes) is 1. The molecule has 0 amide bonds. The van der Waals surface area contributed by atoms with E-state index in [0.717, 1.165) is 43.8 Å². The van der Waals surface area contributed by atoms with Gasteiger partial charge in [-0.25, -0.2) is 4.39 Å². The highest BCUT2D eigenvalue weighted by molar-refractivity contribution is 14.0. The van der Waals surface area contributed by atoms with Gasteiger partial charge in [-0.05, 0) is 37.0 Å². The molecule has 0 spiro atoms. The topological polar surface area (TPSA) is 64.1 Å². The second-order valence-electron chi connectivity index (χ2n) is 7.33. The van der Waals surface area contributed by atoms with Crippen molar-refractivity contribution in [1.29, 1.82) is 0 Å². The molecule has 0 aliphatic carbocycles. The average Bonchev–Trinajstić information content (AvgIpc) is 2.75. The summed E-state index contributed by atoms with van der Waals surface area (Å²) in [5.41, 5.74) is 1.05. The van der Waals surface area contributed by atoms with Crippen LogP contribution in [0, 0.1) is 5.82 Å². The minimum Gasteiger partial charge on any atom is -0.381 e. The van der Waals surface area contributed by atoms with Gasteiger partial charge in [0.1, 0.15) is 5.82 Å². The monoisotopic (exact) mass is 537 g/mol. The fourth-order valence-corrected chi connectivity index (χ4v) is 3.42. The van der Waals surface area contributed by atoms with Gasteiger partial charge in [0.15, 0.2) is 5.96 Å². The van der Waals surface area contributed by atoms with Gasteiger partial charge in [-0.3, -0.25) is 4.99 Å². The van der Waals surface area contributed by atoms with Crippen molar-refractivity contribution in [2.75, 3.05) is 59.8 Å². The molecule has 0 unspecified atom stereocenters. The summed E-state index contributed by atoms with van der Waals surface area (Å²) in [4.78, 5) is 4.30. The van der Waals surface area contributed by atoms with Gasteiger partial charge in [-0.2, -0.15) is 0 Å². The predicted octanol–water partition coefficient (Wildman–Crippen LogP) is 3.49. The van der Waals surface area contributed by atoms with Gasteiger partial charge in [0.25, 0.3) is 0 Å². The van der Waals surface area contributed by atoms with E-state index in [9.17, 15) is 4.39 Å². The number of benzene rings is 1. The summed E-state index contributed by atoms with van der Waals surface area (Å²) in [6, 6.07) is 6.83. The maximum Gasteiger partial charge on any atom is 0.191 e. The third kappa shape index (κ3) is 9.45. The van der Waals surface area contributed by atoms with E-state index in [1.54, 1.807) is 7.05 Å². The van der Waals surface area contributed by atoms with E-state index in [-0.39, 0.29) is 35.2 Å². The molecule has 0 aromatic heterocycles. The van der Waals surface area contributed by atoms with Crippen LogP contribution in [-0.4, -0.2) is 65.7 Å². The Kier molecular flexibility index (Phi) is 14.2. The standard InChI is InChI=1S/C22H36FN3O3.HI/c1-3-4-12-27-16-17-29-15-11-25-21(24-2)26-18-22(9-13-28-14-10-22)19-5-7-20(23)8-6-19;/h5-8H,3-4,9-18H2,1-2H3,(H2,24,25,26);1H. The molecule has 1 saturated heterocycles. The molecule has 1 heterocycles. The van der Waals surface area contributed by atoms with E-state index in [4.69, 9.17) is 14.2 Å². The smallest absolute Gasteiger partial charge is 0.191 e. The molecule has 1 aliphatic rings. The fourth-order valence-electron chi connectivity index (χ4n) is 3.42. The summed E-state index contributed by atoms with van der Waals surface area (Å²) < 4.78 is 30.0. The van der Waals surface area contributed by atoms with Crippen LogP contribution >= 0.6 is 24.0 Å². The molecule has 0 saturated carbocycles. The Bertz CT molecular complexity index is 596. The molecule has 30 heavy (non-hydrogen) atoms. The molecule has 0 atom stereocenters. The lowest BCUT2D eigenvalue weighted by atomic mass is 9.74. The zero-order chi connectivity index (χ0) is 20.8. The molecular formula is C22H37FIN3O3. The Morgan fingerprint density at radius 1 is 1.07 bits per heavy atom. The quantitative estimate of drug-likeness (QED) is 0.185. The first-order chi connectivity index (χ1) is 14.2. The van der Waals surface area contributed by atoms with Crippen LogP contribution in [0.4, 0.5) is 4.39 Å². The van der Waals surface area contributed by atoms with Gasteiger partial charge in [-0.15, -0.1) is 24.0 Å². The summed E-state index contributed by atoms with van der Waals surface area (Å²) in [5, 5.41) is 6.71. The van der Waals surface area contributed by atoms with Gasteiger partial charge in [0.2, 0.25) is 0 Å². The summed E-state index contributed by atoms with van der Waals surface area (Å²) in [6.07, 6.45) is 4.02. The minimum atomic E-state index is -0.211. The molecule has 1 fully saturated rings. The Balaban J connectivity index is 0.00000450. The maximum atomic E-state index is 13.4. The van der Waals surface area contributed by atoms with Crippen LogP contribution in [0.5, 0.6) is 0 Å². The van der Waals surface area contributed by atoms with Crippen LogP contribution in [0.3, 0.4) is 0 Å². The normalized spacial score (nSPS) is 16.0. The lowest BCUT2D eigenvalue weighted by Crippen LogP contribution is -2.48. The Morgan fingerprint density at radius 3 is 2.37 bits per heavy atom. The molecule has 1 aliphatic heterocycles. The van der Waals surface area contributed by atoms with Crippen LogP contribution in [0.25, 0.3) is 0 Å². The Hall–Kier alpha value is -0.970. The molecule has 2 rings (SSSR count). The number of ether oxygens (including phenoxy) is 3. The predicted molar refractivity (Wildman–Crippen MR) is 129 cm³/mol. The Labute approximate surface area is 197 Å². The highest BCUT2D eigenvalue weighted by atomic mass is 127. The van der Waals surface area contributed by atoms with E-state index in [1.807, 2.05) is 12.1 Å². The maximum absolute atomic E-state index is 13.4. The van der Waals surface area contributed by atoms with Crippen molar-refractivity contribution in [2.24, 2.45) is 4.99 Å². The molecule has 6 nitrogen and oxygen atoms in total. The van der Waals surface area contributed by atoms with E-state index in [1.165, 1.54) is 12.1 Å². The fraction of sp³-hybridized carbons (Fsp3) is 0.682. The first kappa shape index (κ1) is 27.1. The third-order valence-corrected chi connectivity index (χ3v) is 5.28. The SMILES string of the molecule is CCCCOCCOCCNC(=NC)NCC1(c2ccc(F)cc2)CCOCC1.I. The molecule has 8 heteroatoms. The largest absolute Gasteiger partial charge is 0.381 e. The number of aliphatic imine (C=N–C) groups is 1. The van der Waals surface area contributed by atoms with E-state index >= 15 is 0 Å². The van der Waals surface area contributed by atoms with Gasteiger partial charge in [0.05, 0.1) is 19.8 Å². The highest BCUT2D eigenvalue weighted by Crippen LogP contribution is 2.34. The van der Waals surface area contributed by atoms with Crippen molar-refractivity contribution in [2.45, 2.75) is 38.0 Å². The summed E-state index contributed by atoms with van der Waals surface area (Å²) in [5.74, 6) is 0.526. The lowest BCUT2D eigenvalue weighted by Gasteiger charge is -2.38. The number of hydrogen-bond acceptors (Lipinski definition) is 4. The van der Waals surface area contributed by atoms with Gasteiger partial charge < -0.3 is 24.8 Å². The highest BCUT2D eigenvalue weighted by Gasteiger charge is 2.34. The zero-order valence-corrected chi connectivity index (χ0v) is 20.6. The van der Waals surface area contributed by atoms with Crippen molar-refractivity contribution in [3.05, 3.63) is 35.6 Å². The summed E-state index contributed by atoms with van der Waals surface area (Å²) in [6.45, 7) is 7.58. The van der Waals surface area contributed by atoms with E-state index in [2.05, 4.69) is 22.5 Å². The first-order valence-corrected chi connectivity index (χ1v) is 10.6. The molecule has 1 aromatic carbocycles. The molecule has 0 bridgehead atoms. The van der Waals surface area contributed by atoms with E-state index in [0.29, 0.717) is 46.1 Å². The van der Waals surface area contributed by atoms with Crippen molar-refractivity contribution in [1.82, 2.24) is 10.6 Å². The van der Waals surface area contributed by atoms with Crippen LogP contribution in [-0.2, 0) is 19.6 Å². The van der Waals surface area contributed by atoms with Crippen LogP contribution in [0.15, 0.2) is 29.3 Å². The number of nitrogens with zero attached hydrogens (tertiary/aromatic N) is 1. The van der Waals surface area contributed by atoms with Crippen LogP contribution < -0.4 is 10.6 Å². The number of halogens is 2. The molecule has 0 radical (unpaired) electrons. The lowest BCUT2D eigenvalue weighted by molar-refractivity contribution is 0.0484. The first-order valence-electron chi connectivity index (χ1n) is 10.6. The second-order valence-corrected chi connectivity index (χ2v) is 7.33. The zero-order valence-electron chi connectivity index (χ0n) is 18.3. The Morgan fingerprint density at radius 2 is 1.73 bits per heavy atom. The minimum absolute atomic E-state index is 0. The molecule has 2 N–H and O–H groups in total. The molecular weight excluding hydrogens is 500 g/mol. The molecule has 1 aromatic rings. The van der Waals surface area contributed by atoms with Crippen molar-refractivity contribution >= 4 is 29.9 Å². The van der Waals surface area contributed by atoms with Gasteiger partial charge >= 0.3 is 0 Å². The second kappa shape index (κ2) is 15.8. The number of nitrogens with one attached hydrogen (secondary N) is 2. The third-order valence-electron chi connectivity index (χ3n) is 5.28. The number of hydrogen-bond donors (Lipinski definition) is 2. The van der Waals surface area contributed by atoms with E-state index < -0.39 is 0 Å². The number of rotatable bonds is 12. The van der Waals surface area contributed by atoms with Crippen LogP contribution in [0.1, 0.15) is 38.2 Å². The van der Waals surface area contributed by atoms with Crippen molar-refractivity contribution in [3.8, 4) is 0 Å². The van der Waals surface area contributed by atoms with Crippen molar-refractivity contribution < 1.29 is 18.6 Å². The van der Waals surface area contributed by atoms with Crippen LogP contribution in [0.2, 0.25) is 0 Å². The number of guanidine groups is 1. The van der Waals surface area contributed by atoms with Gasteiger partial charge in [-0.1, -0.05) is 25.5 Å².